The van der Waals surface area contributed by atoms with Crippen molar-refractivity contribution in [1.82, 2.24) is 18.5 Å². The fraction of sp³-hybridized carbons (Fsp3) is 0.500. The molecular formula is C18H22FN5OS. The first-order valence-electron chi connectivity index (χ1n) is 9.02. The van der Waals surface area contributed by atoms with E-state index in [-0.39, 0.29) is 11.7 Å². The van der Waals surface area contributed by atoms with Crippen LogP contribution in [0.25, 0.3) is 0 Å². The standard InChI is InChI=1S/C18H22FN5OS/c19-14-3-5-15(6-4-14)22-8-10-23(11-9-22)16-2-1-7-24(13-16)18(25)17-12-20-26-21-17/h3-6,12,16H,1-2,7-11,13H2/t16-/m0/s1. The minimum absolute atomic E-state index is 0.00611. The van der Waals surface area contributed by atoms with Crippen LogP contribution in [-0.4, -0.2) is 69.8 Å². The van der Waals surface area contributed by atoms with Crippen molar-refractivity contribution in [2.75, 3.05) is 44.2 Å². The molecule has 0 unspecified atom stereocenters. The van der Waals surface area contributed by atoms with Gasteiger partial charge < -0.3 is 9.80 Å². The maximum atomic E-state index is 13.1. The van der Waals surface area contributed by atoms with Crippen LogP contribution in [0.5, 0.6) is 0 Å². The Bertz CT molecular complexity index is 731. The predicted octanol–water partition coefficient (Wildman–Crippen LogP) is 2.10. The van der Waals surface area contributed by atoms with E-state index < -0.39 is 0 Å². The number of likely N-dealkylation sites (tertiary alicyclic amines) is 1. The number of piperidine rings is 1. The summed E-state index contributed by atoms with van der Waals surface area (Å²) in [5.74, 6) is -0.205. The van der Waals surface area contributed by atoms with Gasteiger partial charge in [0.05, 0.1) is 17.9 Å². The van der Waals surface area contributed by atoms with Crippen LogP contribution in [0.1, 0.15) is 23.3 Å². The van der Waals surface area contributed by atoms with E-state index >= 15 is 0 Å². The number of nitrogens with zero attached hydrogens (tertiary/aromatic N) is 5. The molecule has 2 aromatic rings. The van der Waals surface area contributed by atoms with Crippen LogP contribution in [0.15, 0.2) is 30.5 Å². The Morgan fingerprint density at radius 3 is 2.58 bits per heavy atom. The van der Waals surface area contributed by atoms with Crippen LogP contribution in [0, 0.1) is 5.82 Å². The number of hydrogen-bond donors (Lipinski definition) is 0. The first-order chi connectivity index (χ1) is 12.7. The molecule has 1 amide bonds. The topological polar surface area (TPSA) is 52.6 Å². The third-order valence-electron chi connectivity index (χ3n) is 5.29. The molecule has 3 heterocycles. The summed E-state index contributed by atoms with van der Waals surface area (Å²) in [6.07, 6.45) is 3.69. The van der Waals surface area contributed by atoms with Gasteiger partial charge in [0.2, 0.25) is 0 Å². The van der Waals surface area contributed by atoms with Crippen molar-refractivity contribution in [3.63, 3.8) is 0 Å². The molecule has 0 spiro atoms. The second-order valence-corrected chi connectivity index (χ2v) is 7.40. The molecule has 2 aliphatic heterocycles. The second kappa shape index (κ2) is 7.67. The lowest BCUT2D eigenvalue weighted by molar-refractivity contribution is 0.0559. The van der Waals surface area contributed by atoms with Crippen LogP contribution >= 0.6 is 11.7 Å². The SMILES string of the molecule is O=C(c1cnsn1)N1CCC[C@H](N2CCN(c3ccc(F)cc3)CC2)C1. The third-order valence-corrected chi connectivity index (χ3v) is 5.76. The Morgan fingerprint density at radius 2 is 1.88 bits per heavy atom. The maximum Gasteiger partial charge on any atom is 0.275 e. The first kappa shape index (κ1) is 17.4. The average Bonchev–Trinajstić information content (AvgIpc) is 3.23. The number of rotatable bonds is 3. The van der Waals surface area contributed by atoms with Crippen molar-refractivity contribution in [2.45, 2.75) is 18.9 Å². The number of benzene rings is 1. The highest BCUT2D eigenvalue weighted by Gasteiger charge is 2.31. The normalized spacial score (nSPS) is 21.8. The first-order valence-corrected chi connectivity index (χ1v) is 9.75. The largest absolute Gasteiger partial charge is 0.369 e. The summed E-state index contributed by atoms with van der Waals surface area (Å²) < 4.78 is 21.1. The van der Waals surface area contributed by atoms with Gasteiger partial charge in [-0.05, 0) is 37.1 Å². The Balaban J connectivity index is 1.34. The van der Waals surface area contributed by atoms with Crippen LogP contribution in [0.2, 0.25) is 0 Å². The van der Waals surface area contributed by atoms with Gasteiger partial charge in [0.15, 0.2) is 5.69 Å². The van der Waals surface area contributed by atoms with Gasteiger partial charge >= 0.3 is 0 Å². The summed E-state index contributed by atoms with van der Waals surface area (Å²) in [5, 5.41) is 0. The number of hydrogen-bond acceptors (Lipinski definition) is 6. The average molecular weight is 375 g/mol. The van der Waals surface area contributed by atoms with E-state index in [9.17, 15) is 9.18 Å². The Hall–Kier alpha value is -2.06. The highest BCUT2D eigenvalue weighted by Crippen LogP contribution is 2.22. The molecule has 6 nitrogen and oxygen atoms in total. The van der Waals surface area contributed by atoms with Gasteiger partial charge in [0.1, 0.15) is 5.82 Å². The zero-order chi connectivity index (χ0) is 17.9. The molecule has 1 aromatic heterocycles. The van der Waals surface area contributed by atoms with Gasteiger partial charge in [-0.25, -0.2) is 4.39 Å². The lowest BCUT2D eigenvalue weighted by Gasteiger charge is -2.43. The third kappa shape index (κ3) is 3.71. The predicted molar refractivity (Wildman–Crippen MR) is 99.0 cm³/mol. The maximum absolute atomic E-state index is 13.1. The van der Waals surface area contributed by atoms with Gasteiger partial charge in [-0.1, -0.05) is 0 Å². The summed E-state index contributed by atoms with van der Waals surface area (Å²) in [6, 6.07) is 7.11. The molecule has 8 heteroatoms. The lowest BCUT2D eigenvalue weighted by atomic mass is 10.0. The van der Waals surface area contributed by atoms with Gasteiger partial charge in [-0.2, -0.15) is 8.75 Å². The zero-order valence-corrected chi connectivity index (χ0v) is 15.4. The Labute approximate surface area is 156 Å². The molecule has 26 heavy (non-hydrogen) atoms. The second-order valence-electron chi connectivity index (χ2n) is 6.84. The van der Waals surface area contributed by atoms with Crippen molar-refractivity contribution in [3.8, 4) is 0 Å². The minimum atomic E-state index is -0.199. The van der Waals surface area contributed by atoms with E-state index in [1.54, 1.807) is 6.20 Å². The van der Waals surface area contributed by atoms with Crippen molar-refractivity contribution in [2.24, 2.45) is 0 Å². The van der Waals surface area contributed by atoms with Gasteiger partial charge in [-0.15, -0.1) is 0 Å². The number of amides is 1. The molecule has 0 N–H and O–H groups in total. The number of anilines is 1. The number of piperazine rings is 1. The van der Waals surface area contributed by atoms with Crippen LogP contribution < -0.4 is 4.90 Å². The fourth-order valence-electron chi connectivity index (χ4n) is 3.86. The molecule has 0 saturated carbocycles. The highest BCUT2D eigenvalue weighted by molar-refractivity contribution is 6.99. The Morgan fingerprint density at radius 1 is 1.12 bits per heavy atom. The Kier molecular flexibility index (Phi) is 5.12. The van der Waals surface area contributed by atoms with Crippen molar-refractivity contribution in [3.05, 3.63) is 42.0 Å². The van der Waals surface area contributed by atoms with Crippen LogP contribution in [0.3, 0.4) is 0 Å². The molecule has 2 saturated heterocycles. The summed E-state index contributed by atoms with van der Waals surface area (Å²) in [7, 11) is 0. The van der Waals surface area contributed by atoms with E-state index in [2.05, 4.69) is 18.5 Å². The van der Waals surface area contributed by atoms with E-state index in [0.29, 0.717) is 11.7 Å². The summed E-state index contributed by atoms with van der Waals surface area (Å²) in [4.78, 5) is 19.2. The van der Waals surface area contributed by atoms with E-state index in [1.165, 1.54) is 12.1 Å². The number of carbonyl (C=O) groups is 1. The molecular weight excluding hydrogens is 353 g/mol. The van der Waals surface area contributed by atoms with Gasteiger partial charge in [0.25, 0.3) is 5.91 Å². The summed E-state index contributed by atoms with van der Waals surface area (Å²) in [6.45, 7) is 5.32. The van der Waals surface area contributed by atoms with Gasteiger partial charge in [0, 0.05) is 51.0 Å². The summed E-state index contributed by atoms with van der Waals surface area (Å²) >= 11 is 1.07. The van der Waals surface area contributed by atoms with Crippen LogP contribution in [-0.2, 0) is 0 Å². The smallest absolute Gasteiger partial charge is 0.275 e. The number of aromatic nitrogens is 2. The molecule has 1 aromatic carbocycles. The van der Waals surface area contributed by atoms with E-state index in [4.69, 9.17) is 0 Å². The van der Waals surface area contributed by atoms with Crippen molar-refractivity contribution >= 4 is 23.3 Å². The quantitative estimate of drug-likeness (QED) is 0.822. The monoisotopic (exact) mass is 375 g/mol. The van der Waals surface area contributed by atoms with Crippen LogP contribution in [0.4, 0.5) is 10.1 Å². The summed E-state index contributed by atoms with van der Waals surface area (Å²) in [5.41, 5.74) is 1.53. The molecule has 2 aliphatic rings. The van der Waals surface area contributed by atoms with Crippen molar-refractivity contribution < 1.29 is 9.18 Å². The molecule has 0 radical (unpaired) electrons. The fourth-order valence-corrected chi connectivity index (χ4v) is 4.26. The minimum Gasteiger partial charge on any atom is -0.369 e. The van der Waals surface area contributed by atoms with E-state index in [1.807, 2.05) is 17.0 Å². The van der Waals surface area contributed by atoms with Crippen molar-refractivity contribution in [1.29, 1.82) is 0 Å². The number of halogens is 1. The zero-order valence-electron chi connectivity index (χ0n) is 14.6. The molecule has 138 valence electrons. The lowest BCUT2D eigenvalue weighted by Crippen LogP contribution is -2.55. The highest BCUT2D eigenvalue weighted by atomic mass is 32.1. The molecule has 0 bridgehead atoms. The van der Waals surface area contributed by atoms with E-state index in [0.717, 1.165) is 69.5 Å². The molecule has 4 rings (SSSR count). The number of carbonyl (C=O) groups excluding carboxylic acids is 1. The van der Waals surface area contributed by atoms with Gasteiger partial charge in [-0.3, -0.25) is 9.69 Å². The molecule has 1 atom stereocenters. The molecule has 2 fully saturated rings. The molecule has 0 aliphatic carbocycles.